The summed E-state index contributed by atoms with van der Waals surface area (Å²) in [7, 11) is 2.60. The Morgan fingerprint density at radius 2 is 1.88 bits per heavy atom. The smallest absolute Gasteiger partial charge is 0.326 e. The van der Waals surface area contributed by atoms with Crippen LogP contribution < -0.4 is 0 Å². The summed E-state index contributed by atoms with van der Waals surface area (Å²) in [4.78, 5) is 35.2. The number of carboxylic acid groups (broad SMARTS) is 1. The van der Waals surface area contributed by atoms with Crippen LogP contribution in [0.2, 0.25) is 0 Å². The molecule has 1 aliphatic carbocycles. The van der Waals surface area contributed by atoms with Crippen LogP contribution in [0.25, 0.3) is 0 Å². The third-order valence-corrected chi connectivity index (χ3v) is 2.99. The predicted octanol–water partition coefficient (Wildman–Crippen LogP) is -0.129. The highest BCUT2D eigenvalue weighted by atomic mass is 16.5. The van der Waals surface area contributed by atoms with Crippen molar-refractivity contribution in [1.82, 2.24) is 4.90 Å². The fraction of sp³-hybridized carbons (Fsp3) is 0.700. The third-order valence-electron chi connectivity index (χ3n) is 2.99. The first-order chi connectivity index (χ1) is 7.36. The molecule has 0 heterocycles. The van der Waals surface area contributed by atoms with E-state index in [-0.39, 0.29) is 0 Å². The molecule has 1 N–H and O–H groups in total. The standard InChI is InChI=1S/C10H15NO5/c1-6(7(12)13)11(2)8(14)10(4-5-10)9(15)16-3/h6H,4-5H2,1-3H3,(H,12,13). The molecule has 0 spiro atoms. The van der Waals surface area contributed by atoms with Crippen LogP contribution in [0.4, 0.5) is 0 Å². The minimum absolute atomic E-state index is 0.426. The van der Waals surface area contributed by atoms with E-state index in [4.69, 9.17) is 5.11 Å². The lowest BCUT2D eigenvalue weighted by atomic mass is 10.1. The number of hydrogen-bond acceptors (Lipinski definition) is 4. The number of methoxy groups -OCH3 is 1. The maximum Gasteiger partial charge on any atom is 0.326 e. The van der Waals surface area contributed by atoms with Crippen molar-refractivity contribution in [1.29, 1.82) is 0 Å². The number of ether oxygens (including phenoxy) is 1. The number of amides is 1. The average molecular weight is 229 g/mol. The molecule has 1 saturated carbocycles. The quantitative estimate of drug-likeness (QED) is 0.536. The van der Waals surface area contributed by atoms with Crippen molar-refractivity contribution < 1.29 is 24.2 Å². The Morgan fingerprint density at radius 1 is 1.38 bits per heavy atom. The monoisotopic (exact) mass is 229 g/mol. The summed E-state index contributed by atoms with van der Waals surface area (Å²) in [5, 5.41) is 8.77. The molecule has 0 aromatic heterocycles. The minimum Gasteiger partial charge on any atom is -0.480 e. The Kier molecular flexibility index (Phi) is 3.21. The van der Waals surface area contributed by atoms with Gasteiger partial charge in [0.15, 0.2) is 0 Å². The van der Waals surface area contributed by atoms with Crippen LogP contribution in [-0.2, 0) is 19.1 Å². The van der Waals surface area contributed by atoms with Crippen LogP contribution in [-0.4, -0.2) is 48.1 Å². The molecule has 16 heavy (non-hydrogen) atoms. The molecule has 90 valence electrons. The highest BCUT2D eigenvalue weighted by molar-refractivity contribution is 6.06. The van der Waals surface area contributed by atoms with Crippen molar-refractivity contribution in [2.24, 2.45) is 5.41 Å². The molecule has 1 rings (SSSR count). The lowest BCUT2D eigenvalue weighted by molar-refractivity contribution is -0.159. The molecule has 1 amide bonds. The molecule has 1 fully saturated rings. The lowest BCUT2D eigenvalue weighted by Gasteiger charge is -2.25. The van der Waals surface area contributed by atoms with E-state index >= 15 is 0 Å². The number of carboxylic acids is 1. The predicted molar refractivity (Wildman–Crippen MR) is 53.6 cm³/mol. The van der Waals surface area contributed by atoms with Gasteiger partial charge in [-0.15, -0.1) is 0 Å². The topological polar surface area (TPSA) is 83.9 Å². The summed E-state index contributed by atoms with van der Waals surface area (Å²) in [5.41, 5.74) is -1.13. The lowest BCUT2D eigenvalue weighted by Crippen LogP contribution is -2.46. The van der Waals surface area contributed by atoms with Crippen molar-refractivity contribution >= 4 is 17.8 Å². The first kappa shape index (κ1) is 12.5. The number of rotatable bonds is 4. The van der Waals surface area contributed by atoms with Gasteiger partial charge in [-0.2, -0.15) is 0 Å². The summed E-state index contributed by atoms with van der Waals surface area (Å²) in [5.74, 6) is -2.16. The SMILES string of the molecule is COC(=O)C1(C(=O)N(C)C(C)C(=O)O)CC1. The van der Waals surface area contributed by atoms with E-state index in [1.165, 1.54) is 21.1 Å². The Labute approximate surface area is 93.2 Å². The summed E-state index contributed by atoms with van der Waals surface area (Å²) in [6.45, 7) is 1.40. The molecule has 0 aromatic carbocycles. The molecule has 1 aliphatic rings. The van der Waals surface area contributed by atoms with Gasteiger partial charge in [0.2, 0.25) is 5.91 Å². The zero-order chi connectivity index (χ0) is 12.5. The summed E-state index contributed by atoms with van der Waals surface area (Å²) in [6.07, 6.45) is 0.852. The van der Waals surface area contributed by atoms with Crippen molar-refractivity contribution in [3.8, 4) is 0 Å². The number of nitrogens with zero attached hydrogens (tertiary/aromatic N) is 1. The van der Waals surface area contributed by atoms with Gasteiger partial charge < -0.3 is 14.7 Å². The third kappa shape index (κ3) is 1.87. The van der Waals surface area contributed by atoms with Crippen molar-refractivity contribution in [2.45, 2.75) is 25.8 Å². The van der Waals surface area contributed by atoms with Crippen LogP contribution in [0.3, 0.4) is 0 Å². The van der Waals surface area contributed by atoms with Crippen LogP contribution >= 0.6 is 0 Å². The fourth-order valence-corrected chi connectivity index (χ4v) is 1.50. The molecule has 0 radical (unpaired) electrons. The Hall–Kier alpha value is -1.59. The van der Waals surface area contributed by atoms with Gasteiger partial charge in [-0.1, -0.05) is 0 Å². The van der Waals surface area contributed by atoms with Gasteiger partial charge in [-0.3, -0.25) is 9.59 Å². The van der Waals surface area contributed by atoms with Crippen molar-refractivity contribution in [2.75, 3.05) is 14.2 Å². The molecule has 6 heteroatoms. The summed E-state index contributed by atoms with van der Waals surface area (Å²) >= 11 is 0. The Bertz CT molecular complexity index is 334. The van der Waals surface area contributed by atoms with Crippen LogP contribution in [0.1, 0.15) is 19.8 Å². The fourth-order valence-electron chi connectivity index (χ4n) is 1.50. The van der Waals surface area contributed by atoms with Gasteiger partial charge in [0.1, 0.15) is 11.5 Å². The number of carbonyl (C=O) groups is 3. The van der Waals surface area contributed by atoms with Gasteiger partial charge in [0, 0.05) is 7.05 Å². The highest BCUT2D eigenvalue weighted by Crippen LogP contribution is 2.48. The molecule has 1 unspecified atom stereocenters. The van der Waals surface area contributed by atoms with Gasteiger partial charge in [-0.25, -0.2) is 4.79 Å². The molecule has 0 saturated heterocycles. The molecule has 6 nitrogen and oxygen atoms in total. The van der Waals surface area contributed by atoms with E-state index < -0.39 is 29.3 Å². The summed E-state index contributed by atoms with van der Waals surface area (Å²) < 4.78 is 4.56. The number of carbonyl (C=O) groups excluding carboxylic acids is 2. The zero-order valence-corrected chi connectivity index (χ0v) is 9.52. The molecule has 0 aromatic rings. The number of likely N-dealkylation sites (N-methyl/N-ethyl adjacent to an activating group) is 1. The second-order valence-corrected chi connectivity index (χ2v) is 4.00. The first-order valence-electron chi connectivity index (χ1n) is 4.95. The van der Waals surface area contributed by atoms with Crippen LogP contribution in [0.15, 0.2) is 0 Å². The van der Waals surface area contributed by atoms with Crippen LogP contribution in [0, 0.1) is 5.41 Å². The first-order valence-corrected chi connectivity index (χ1v) is 4.95. The van der Waals surface area contributed by atoms with Crippen molar-refractivity contribution in [3.63, 3.8) is 0 Å². The van der Waals surface area contributed by atoms with E-state index in [1.807, 2.05) is 0 Å². The van der Waals surface area contributed by atoms with E-state index in [0.717, 1.165) is 4.90 Å². The zero-order valence-electron chi connectivity index (χ0n) is 9.52. The second kappa shape index (κ2) is 4.11. The van der Waals surface area contributed by atoms with Gasteiger partial charge in [0.05, 0.1) is 7.11 Å². The minimum atomic E-state index is -1.13. The largest absolute Gasteiger partial charge is 0.480 e. The van der Waals surface area contributed by atoms with Gasteiger partial charge in [0.25, 0.3) is 0 Å². The summed E-state index contributed by atoms with van der Waals surface area (Å²) in [6, 6.07) is -0.949. The molecule has 0 aliphatic heterocycles. The van der Waals surface area contributed by atoms with Gasteiger partial charge >= 0.3 is 11.9 Å². The Morgan fingerprint density at radius 3 is 2.19 bits per heavy atom. The van der Waals surface area contributed by atoms with E-state index in [1.54, 1.807) is 0 Å². The average Bonchev–Trinajstić information content (AvgIpc) is 3.05. The number of aliphatic carboxylic acids is 1. The number of hydrogen-bond donors (Lipinski definition) is 1. The Balaban J connectivity index is 2.79. The van der Waals surface area contributed by atoms with E-state index in [9.17, 15) is 14.4 Å². The normalized spacial score (nSPS) is 18.4. The van der Waals surface area contributed by atoms with Crippen LogP contribution in [0.5, 0.6) is 0 Å². The maximum atomic E-state index is 11.9. The second-order valence-electron chi connectivity index (χ2n) is 4.00. The molecule has 1 atom stereocenters. The molecular formula is C10H15NO5. The van der Waals surface area contributed by atoms with Gasteiger partial charge in [-0.05, 0) is 19.8 Å². The van der Waals surface area contributed by atoms with E-state index in [0.29, 0.717) is 12.8 Å². The van der Waals surface area contributed by atoms with Crippen molar-refractivity contribution in [3.05, 3.63) is 0 Å². The maximum absolute atomic E-state index is 11.9. The molecular weight excluding hydrogens is 214 g/mol. The van der Waals surface area contributed by atoms with E-state index in [2.05, 4.69) is 4.74 Å². The molecule has 0 bridgehead atoms. The highest BCUT2D eigenvalue weighted by Gasteiger charge is 2.59. The number of esters is 1.